The molecule has 0 aliphatic carbocycles. The molecule has 1 fully saturated rings. The van der Waals surface area contributed by atoms with Crippen molar-refractivity contribution < 1.29 is 41.1 Å². The van der Waals surface area contributed by atoms with E-state index < -0.39 is 40.0 Å². The Kier molecular flexibility index (Phi) is 8.89. The molecule has 1 aromatic heterocycles. The number of alkyl halides is 3. The van der Waals surface area contributed by atoms with Crippen LogP contribution in [0.3, 0.4) is 0 Å². The molecular formula is C24H23ClF3N5O6S2. The first kappa shape index (κ1) is 30.6. The van der Waals surface area contributed by atoms with Gasteiger partial charge in [-0.25, -0.2) is 18.2 Å². The van der Waals surface area contributed by atoms with Gasteiger partial charge in [0.2, 0.25) is 15.9 Å². The van der Waals surface area contributed by atoms with Crippen molar-refractivity contribution in [3.8, 4) is 0 Å². The van der Waals surface area contributed by atoms with Crippen LogP contribution in [0.25, 0.3) is 10.8 Å². The third kappa shape index (κ3) is 6.78. The fraction of sp³-hybridized carbons (Fsp3) is 0.333. The first-order valence-corrected chi connectivity index (χ1v) is 14.6. The number of amides is 2. The molecule has 0 saturated carbocycles. The number of piperazine rings is 1. The number of aliphatic carboxylic acids is 1. The smallest absolute Gasteiger partial charge is 0.475 e. The highest BCUT2D eigenvalue weighted by Crippen LogP contribution is 2.28. The Balaban J connectivity index is 0.000000493. The molecule has 3 heterocycles. The molecule has 4 N–H and O–H groups in total. The number of hydrogen-bond acceptors (Lipinski definition) is 8. The van der Waals surface area contributed by atoms with Gasteiger partial charge in [-0.15, -0.1) is 11.3 Å². The summed E-state index contributed by atoms with van der Waals surface area (Å²) in [5.41, 5.74) is 6.50. The molecule has 5 rings (SSSR count). The Hall–Kier alpha value is -3.31. The van der Waals surface area contributed by atoms with Gasteiger partial charge in [0.15, 0.2) is 5.01 Å². The van der Waals surface area contributed by atoms with Crippen molar-refractivity contribution in [1.29, 1.82) is 0 Å². The number of sulfonamides is 1. The lowest BCUT2D eigenvalue weighted by molar-refractivity contribution is -0.192. The zero-order valence-electron chi connectivity index (χ0n) is 21.0. The summed E-state index contributed by atoms with van der Waals surface area (Å²) in [6.07, 6.45) is -4.34. The first-order valence-electron chi connectivity index (χ1n) is 12.0. The average Bonchev–Trinajstić information content (AvgIpc) is 3.36. The molecule has 1 unspecified atom stereocenters. The topological polar surface area (TPSA) is 163 Å². The fourth-order valence-electron chi connectivity index (χ4n) is 4.31. The number of benzene rings is 2. The summed E-state index contributed by atoms with van der Waals surface area (Å²) in [6.45, 7) is 1.32. The number of halogens is 4. The van der Waals surface area contributed by atoms with Crippen molar-refractivity contribution in [3.63, 3.8) is 0 Å². The second kappa shape index (κ2) is 11.9. The third-order valence-electron chi connectivity index (χ3n) is 6.37. The zero-order chi connectivity index (χ0) is 30.1. The molecule has 1 atom stereocenters. The van der Waals surface area contributed by atoms with E-state index in [1.54, 1.807) is 30.3 Å². The number of rotatable bonds is 4. The van der Waals surface area contributed by atoms with Crippen molar-refractivity contribution in [1.82, 2.24) is 19.5 Å². The lowest BCUT2D eigenvalue weighted by Gasteiger charge is -2.38. The van der Waals surface area contributed by atoms with E-state index in [1.807, 2.05) is 0 Å². The van der Waals surface area contributed by atoms with Crippen LogP contribution < -0.4 is 11.1 Å². The number of carbonyl (C=O) groups is 3. The number of aromatic nitrogens is 1. The van der Waals surface area contributed by atoms with Crippen LogP contribution in [0.2, 0.25) is 5.02 Å². The molecule has 17 heteroatoms. The Morgan fingerprint density at radius 1 is 1.12 bits per heavy atom. The average molecular weight is 634 g/mol. The van der Waals surface area contributed by atoms with Crippen LogP contribution in [0, 0.1) is 0 Å². The predicted molar refractivity (Wildman–Crippen MR) is 143 cm³/mol. The summed E-state index contributed by atoms with van der Waals surface area (Å²) in [5, 5.41) is 12.8. The third-order valence-corrected chi connectivity index (χ3v) is 9.55. The quantitative estimate of drug-likeness (QED) is 0.394. The van der Waals surface area contributed by atoms with Gasteiger partial charge in [-0.3, -0.25) is 9.59 Å². The molecule has 2 aliphatic rings. The van der Waals surface area contributed by atoms with Gasteiger partial charge >= 0.3 is 12.1 Å². The number of carboxylic acids is 1. The SMILES string of the molecule is NC(=O)C1CN(S(=O)(=O)c2ccc3cc(Cl)ccc3c2)CCN1C(=O)c1nc2c(s1)CNCC2.O=C(O)C(F)(F)F. The summed E-state index contributed by atoms with van der Waals surface area (Å²) < 4.78 is 59.7. The Morgan fingerprint density at radius 3 is 2.41 bits per heavy atom. The van der Waals surface area contributed by atoms with Gasteiger partial charge in [0.05, 0.1) is 10.6 Å². The van der Waals surface area contributed by atoms with Crippen molar-refractivity contribution >= 4 is 61.5 Å². The predicted octanol–water partition coefficient (Wildman–Crippen LogP) is 2.23. The first-order chi connectivity index (χ1) is 19.2. The van der Waals surface area contributed by atoms with Gasteiger partial charge < -0.3 is 21.1 Å². The second-order valence-corrected chi connectivity index (χ2v) is 12.5. The van der Waals surface area contributed by atoms with Crippen LogP contribution in [0.15, 0.2) is 41.3 Å². The molecule has 0 radical (unpaired) electrons. The largest absolute Gasteiger partial charge is 0.490 e. The number of thiazole rings is 1. The van der Waals surface area contributed by atoms with E-state index in [-0.39, 0.29) is 24.5 Å². The Morgan fingerprint density at radius 2 is 1.78 bits per heavy atom. The lowest BCUT2D eigenvalue weighted by atomic mass is 10.1. The molecule has 220 valence electrons. The van der Waals surface area contributed by atoms with E-state index in [1.165, 1.54) is 26.6 Å². The van der Waals surface area contributed by atoms with Crippen LogP contribution in [-0.2, 0) is 32.6 Å². The fourth-order valence-corrected chi connectivity index (χ4v) is 6.99. The van der Waals surface area contributed by atoms with Crippen LogP contribution >= 0.6 is 22.9 Å². The number of nitrogens with one attached hydrogen (secondary N) is 1. The maximum atomic E-state index is 13.4. The Labute approximate surface area is 240 Å². The number of primary amides is 1. The highest BCUT2D eigenvalue weighted by molar-refractivity contribution is 7.89. The van der Waals surface area contributed by atoms with E-state index in [0.29, 0.717) is 16.6 Å². The van der Waals surface area contributed by atoms with Crippen LogP contribution in [0.5, 0.6) is 0 Å². The normalized spacial score (nSPS) is 17.9. The monoisotopic (exact) mass is 633 g/mol. The molecule has 11 nitrogen and oxygen atoms in total. The number of hydrogen-bond donors (Lipinski definition) is 3. The summed E-state index contributed by atoms with van der Waals surface area (Å²) in [6, 6.07) is 8.90. The molecule has 1 saturated heterocycles. The maximum absolute atomic E-state index is 13.4. The van der Waals surface area contributed by atoms with E-state index in [4.69, 9.17) is 27.2 Å². The molecule has 0 bridgehead atoms. The van der Waals surface area contributed by atoms with Gasteiger partial charge in [0.1, 0.15) is 6.04 Å². The standard InChI is InChI=1S/C22H22ClN5O4S2.C2HF3O2/c23-15-3-1-14-10-16(4-2-13(14)9-15)34(31,32)27-7-8-28(18(12-27)20(24)29)22(30)21-26-17-5-6-25-11-19(17)33-21;3-2(4,5)1(6)7/h1-4,9-10,18,25H,5-8,11-12H2,(H2,24,29);(H,6,7). The zero-order valence-corrected chi connectivity index (χ0v) is 23.4. The van der Waals surface area contributed by atoms with Crippen molar-refractivity contribution in [2.24, 2.45) is 5.73 Å². The number of nitrogens with two attached hydrogens (primary N) is 1. The summed E-state index contributed by atoms with van der Waals surface area (Å²) in [4.78, 5) is 41.3. The highest BCUT2D eigenvalue weighted by Gasteiger charge is 2.40. The summed E-state index contributed by atoms with van der Waals surface area (Å²) in [7, 11) is -3.91. The number of fused-ring (bicyclic) bond motifs is 2. The summed E-state index contributed by atoms with van der Waals surface area (Å²) >= 11 is 7.32. The van der Waals surface area contributed by atoms with Gasteiger partial charge in [0.25, 0.3) is 5.91 Å². The minimum absolute atomic E-state index is 0.0390. The highest BCUT2D eigenvalue weighted by atomic mass is 35.5. The minimum atomic E-state index is -5.08. The molecule has 2 amide bonds. The van der Waals surface area contributed by atoms with Gasteiger partial charge in [0, 0.05) is 49.0 Å². The van der Waals surface area contributed by atoms with Crippen molar-refractivity contribution in [3.05, 3.63) is 57.0 Å². The summed E-state index contributed by atoms with van der Waals surface area (Å²) in [5.74, 6) is -3.92. The molecule has 41 heavy (non-hydrogen) atoms. The minimum Gasteiger partial charge on any atom is -0.475 e. The number of carboxylic acid groups (broad SMARTS) is 1. The van der Waals surface area contributed by atoms with Crippen molar-refractivity contribution in [2.45, 2.75) is 30.1 Å². The van der Waals surface area contributed by atoms with Crippen molar-refractivity contribution in [2.75, 3.05) is 26.2 Å². The Bertz CT molecular complexity index is 1590. The molecular weight excluding hydrogens is 611 g/mol. The maximum Gasteiger partial charge on any atom is 0.490 e. The van der Waals surface area contributed by atoms with Crippen LogP contribution in [0.4, 0.5) is 13.2 Å². The van der Waals surface area contributed by atoms with Gasteiger partial charge in [-0.05, 0) is 35.0 Å². The van der Waals surface area contributed by atoms with Gasteiger partial charge in [-0.2, -0.15) is 17.5 Å². The van der Waals surface area contributed by atoms with E-state index >= 15 is 0 Å². The molecule has 2 aliphatic heterocycles. The van der Waals surface area contributed by atoms with E-state index in [0.717, 1.165) is 34.3 Å². The van der Waals surface area contributed by atoms with E-state index in [9.17, 15) is 31.2 Å². The van der Waals surface area contributed by atoms with Crippen LogP contribution in [0.1, 0.15) is 20.4 Å². The molecule has 0 spiro atoms. The molecule has 2 aromatic carbocycles. The number of carbonyl (C=O) groups excluding carboxylic acids is 2. The van der Waals surface area contributed by atoms with E-state index in [2.05, 4.69) is 10.3 Å². The molecule has 3 aromatic rings. The number of nitrogens with zero attached hydrogens (tertiary/aromatic N) is 3. The lowest BCUT2D eigenvalue weighted by Crippen LogP contribution is -2.60. The van der Waals surface area contributed by atoms with Gasteiger partial charge in [-0.1, -0.05) is 23.7 Å². The van der Waals surface area contributed by atoms with Crippen LogP contribution in [-0.4, -0.2) is 83.9 Å². The second-order valence-electron chi connectivity index (χ2n) is 9.05.